The largest absolute Gasteiger partial charge is 0.481 e. The van der Waals surface area contributed by atoms with Gasteiger partial charge in [-0.1, -0.05) is 0 Å². The molecule has 0 aliphatic carbocycles. The van der Waals surface area contributed by atoms with Gasteiger partial charge in [0, 0.05) is 31.6 Å². The van der Waals surface area contributed by atoms with Crippen LogP contribution in [0.3, 0.4) is 0 Å². The normalized spacial score (nSPS) is 19.4. The number of likely N-dealkylation sites (N-methyl/N-ethyl adjacent to an activating group) is 1. The Balaban J connectivity index is 2.33. The van der Waals surface area contributed by atoms with Crippen molar-refractivity contribution < 1.29 is 14.7 Å². The van der Waals surface area contributed by atoms with Crippen LogP contribution in [0.1, 0.15) is 33.1 Å². The lowest BCUT2D eigenvalue weighted by molar-refractivity contribution is -0.137. The molecule has 0 aromatic heterocycles. The number of rotatable bonds is 6. The molecule has 1 heterocycles. The summed E-state index contributed by atoms with van der Waals surface area (Å²) in [7, 11) is 3.98. The van der Waals surface area contributed by atoms with Crippen LogP contribution in [-0.2, 0) is 4.79 Å². The number of carboxylic acid groups (broad SMARTS) is 1. The molecule has 20 heavy (non-hydrogen) atoms. The van der Waals surface area contributed by atoms with Crippen molar-refractivity contribution in [2.45, 2.75) is 38.6 Å². The third kappa shape index (κ3) is 5.00. The third-order valence-electron chi connectivity index (χ3n) is 4.22. The van der Waals surface area contributed by atoms with Crippen molar-refractivity contribution in [1.29, 1.82) is 0 Å². The second-order valence-electron chi connectivity index (χ2n) is 6.40. The van der Waals surface area contributed by atoms with E-state index in [0.29, 0.717) is 25.4 Å². The first-order valence-electron chi connectivity index (χ1n) is 7.14. The Labute approximate surface area is 121 Å². The second kappa shape index (κ2) is 6.92. The Bertz CT molecular complexity index is 356. The summed E-state index contributed by atoms with van der Waals surface area (Å²) in [6.07, 6.45) is 1.74. The van der Waals surface area contributed by atoms with E-state index >= 15 is 0 Å². The average molecular weight is 285 g/mol. The number of carboxylic acids is 1. The zero-order valence-corrected chi connectivity index (χ0v) is 13.0. The Morgan fingerprint density at radius 2 is 2.05 bits per heavy atom. The molecular weight excluding hydrogens is 258 g/mol. The Morgan fingerprint density at radius 3 is 2.60 bits per heavy atom. The maximum absolute atomic E-state index is 12.1. The minimum Gasteiger partial charge on any atom is -0.481 e. The number of likely N-dealkylation sites (tertiary alicyclic amines) is 1. The number of carbonyl (C=O) groups is 2. The molecule has 0 spiro atoms. The van der Waals surface area contributed by atoms with Gasteiger partial charge in [-0.05, 0) is 46.7 Å². The minimum atomic E-state index is -0.763. The molecular formula is C14H27N3O3. The number of urea groups is 1. The van der Waals surface area contributed by atoms with Gasteiger partial charge in [-0.15, -0.1) is 0 Å². The van der Waals surface area contributed by atoms with Gasteiger partial charge in [0.15, 0.2) is 0 Å². The molecule has 0 aromatic rings. The summed E-state index contributed by atoms with van der Waals surface area (Å²) in [6.45, 7) is 6.13. The van der Waals surface area contributed by atoms with Gasteiger partial charge in [-0.3, -0.25) is 4.79 Å². The molecule has 2 amide bonds. The van der Waals surface area contributed by atoms with E-state index in [4.69, 9.17) is 5.11 Å². The first-order valence-corrected chi connectivity index (χ1v) is 7.14. The molecule has 0 radical (unpaired) electrons. The summed E-state index contributed by atoms with van der Waals surface area (Å²) in [4.78, 5) is 26.5. The number of nitrogens with one attached hydrogen (secondary N) is 1. The summed E-state index contributed by atoms with van der Waals surface area (Å²) < 4.78 is 0. The van der Waals surface area contributed by atoms with Crippen molar-refractivity contribution in [3.05, 3.63) is 0 Å². The molecule has 2 N–H and O–H groups in total. The van der Waals surface area contributed by atoms with Gasteiger partial charge >= 0.3 is 12.0 Å². The zero-order valence-electron chi connectivity index (χ0n) is 13.0. The highest BCUT2D eigenvalue weighted by Crippen LogP contribution is 2.21. The lowest BCUT2D eigenvalue weighted by atomic mass is 10.0. The fraction of sp³-hybridized carbons (Fsp3) is 0.857. The highest BCUT2D eigenvalue weighted by atomic mass is 16.4. The number of hydrogen-bond donors (Lipinski definition) is 2. The van der Waals surface area contributed by atoms with Gasteiger partial charge in [0.05, 0.1) is 0 Å². The fourth-order valence-electron chi connectivity index (χ4n) is 2.14. The average Bonchev–Trinajstić information content (AvgIpc) is 2.82. The summed E-state index contributed by atoms with van der Waals surface area (Å²) in [5, 5.41) is 11.6. The molecule has 0 bridgehead atoms. The Morgan fingerprint density at radius 1 is 1.40 bits per heavy atom. The van der Waals surface area contributed by atoms with Crippen LogP contribution < -0.4 is 5.32 Å². The van der Waals surface area contributed by atoms with Crippen LogP contribution in [0.25, 0.3) is 0 Å². The number of amides is 2. The molecule has 1 rings (SSSR count). The van der Waals surface area contributed by atoms with Gasteiger partial charge in [-0.25, -0.2) is 4.79 Å². The van der Waals surface area contributed by atoms with E-state index in [2.05, 4.69) is 24.1 Å². The third-order valence-corrected chi connectivity index (χ3v) is 4.22. The molecule has 1 aliphatic heterocycles. The topological polar surface area (TPSA) is 72.9 Å². The van der Waals surface area contributed by atoms with E-state index in [1.54, 1.807) is 4.90 Å². The number of nitrogens with zero attached hydrogens (tertiary/aromatic N) is 2. The van der Waals surface area contributed by atoms with Crippen molar-refractivity contribution in [3.63, 3.8) is 0 Å². The van der Waals surface area contributed by atoms with Crippen LogP contribution in [0.2, 0.25) is 0 Å². The van der Waals surface area contributed by atoms with Gasteiger partial charge < -0.3 is 20.2 Å². The quantitative estimate of drug-likeness (QED) is 0.769. The molecule has 116 valence electrons. The van der Waals surface area contributed by atoms with E-state index in [9.17, 15) is 9.59 Å². The van der Waals surface area contributed by atoms with Crippen LogP contribution in [0.5, 0.6) is 0 Å². The maximum Gasteiger partial charge on any atom is 0.317 e. The van der Waals surface area contributed by atoms with Crippen LogP contribution in [0.4, 0.5) is 4.79 Å². The minimum absolute atomic E-state index is 0.0437. The molecule has 1 aliphatic rings. The van der Waals surface area contributed by atoms with E-state index in [1.807, 2.05) is 14.1 Å². The van der Waals surface area contributed by atoms with Gasteiger partial charge in [-0.2, -0.15) is 0 Å². The van der Waals surface area contributed by atoms with E-state index in [1.165, 1.54) is 0 Å². The van der Waals surface area contributed by atoms with Crippen molar-refractivity contribution in [1.82, 2.24) is 15.1 Å². The SMILES string of the molecule is CN(C)C(C)(C)CNC(=O)N1CCC(CCC(=O)O)C1. The lowest BCUT2D eigenvalue weighted by Gasteiger charge is -2.33. The van der Waals surface area contributed by atoms with E-state index < -0.39 is 5.97 Å². The standard InChI is InChI=1S/C14H27N3O3/c1-14(2,16(3)4)10-15-13(20)17-8-7-11(9-17)5-6-12(18)19/h11H,5-10H2,1-4H3,(H,15,20)(H,18,19). The monoisotopic (exact) mass is 285 g/mol. The van der Waals surface area contributed by atoms with Crippen LogP contribution in [-0.4, -0.2) is 66.2 Å². The zero-order chi connectivity index (χ0) is 15.3. The lowest BCUT2D eigenvalue weighted by Crippen LogP contribution is -2.50. The number of aliphatic carboxylic acids is 1. The first kappa shape index (κ1) is 16.8. The summed E-state index contributed by atoms with van der Waals surface area (Å²) in [5.74, 6) is -0.445. The van der Waals surface area contributed by atoms with Crippen molar-refractivity contribution >= 4 is 12.0 Å². The second-order valence-corrected chi connectivity index (χ2v) is 6.40. The van der Waals surface area contributed by atoms with Crippen LogP contribution in [0.15, 0.2) is 0 Å². The molecule has 1 atom stereocenters. The predicted molar refractivity (Wildman–Crippen MR) is 77.7 cm³/mol. The summed E-state index contributed by atoms with van der Waals surface area (Å²) in [6, 6.07) is -0.0437. The molecule has 0 saturated carbocycles. The number of hydrogen-bond acceptors (Lipinski definition) is 3. The van der Waals surface area contributed by atoms with E-state index in [0.717, 1.165) is 13.0 Å². The molecule has 1 unspecified atom stereocenters. The van der Waals surface area contributed by atoms with Crippen LogP contribution in [0, 0.1) is 5.92 Å². The highest BCUT2D eigenvalue weighted by Gasteiger charge is 2.28. The van der Waals surface area contributed by atoms with Gasteiger partial charge in [0.2, 0.25) is 0 Å². The molecule has 0 aromatic carbocycles. The summed E-state index contributed by atoms with van der Waals surface area (Å²) in [5.41, 5.74) is -0.0852. The van der Waals surface area contributed by atoms with Gasteiger partial charge in [0.25, 0.3) is 0 Å². The Hall–Kier alpha value is -1.30. The molecule has 1 saturated heterocycles. The maximum atomic E-state index is 12.1. The molecule has 6 nitrogen and oxygen atoms in total. The van der Waals surface area contributed by atoms with E-state index in [-0.39, 0.29) is 18.0 Å². The molecule has 6 heteroatoms. The summed E-state index contributed by atoms with van der Waals surface area (Å²) >= 11 is 0. The van der Waals surface area contributed by atoms with Crippen molar-refractivity contribution in [3.8, 4) is 0 Å². The first-order chi connectivity index (χ1) is 9.22. The smallest absolute Gasteiger partial charge is 0.317 e. The van der Waals surface area contributed by atoms with Crippen molar-refractivity contribution in [2.75, 3.05) is 33.7 Å². The van der Waals surface area contributed by atoms with Crippen molar-refractivity contribution in [2.24, 2.45) is 5.92 Å². The highest BCUT2D eigenvalue weighted by molar-refractivity contribution is 5.74. The fourth-order valence-corrected chi connectivity index (χ4v) is 2.14. The van der Waals surface area contributed by atoms with Crippen LogP contribution >= 0.6 is 0 Å². The predicted octanol–water partition coefficient (Wildman–Crippen LogP) is 1.22. The Kier molecular flexibility index (Phi) is 5.80. The van der Waals surface area contributed by atoms with Gasteiger partial charge in [0.1, 0.15) is 0 Å². The number of carbonyl (C=O) groups excluding carboxylic acids is 1. The molecule has 1 fully saturated rings.